The zero-order valence-electron chi connectivity index (χ0n) is 9.42. The molecule has 2 nitrogen and oxygen atoms in total. The Labute approximate surface area is 96.2 Å². The van der Waals surface area contributed by atoms with Gasteiger partial charge in [0.05, 0.1) is 11.6 Å². The first-order valence-electron chi connectivity index (χ1n) is 4.93. The molecule has 0 amide bonds. The predicted octanol–water partition coefficient (Wildman–Crippen LogP) is 3.21. The summed E-state index contributed by atoms with van der Waals surface area (Å²) in [5, 5.41) is 0. The molecular formula is C12H17ClN2. The fraction of sp³-hybridized carbons (Fsp3) is 0.417. The van der Waals surface area contributed by atoms with Crippen molar-refractivity contribution in [2.45, 2.75) is 26.2 Å². The van der Waals surface area contributed by atoms with Gasteiger partial charge in [0.2, 0.25) is 0 Å². The van der Waals surface area contributed by atoms with Crippen molar-refractivity contribution in [3.05, 3.63) is 29.8 Å². The maximum Gasteiger partial charge on any atom is 0.115 e. The third-order valence-corrected chi connectivity index (χ3v) is 2.40. The average Bonchev–Trinajstić information content (AvgIpc) is 2.17. The summed E-state index contributed by atoms with van der Waals surface area (Å²) in [7, 11) is 0. The van der Waals surface area contributed by atoms with E-state index in [0.29, 0.717) is 5.84 Å². The van der Waals surface area contributed by atoms with Crippen molar-refractivity contribution >= 4 is 23.1 Å². The van der Waals surface area contributed by atoms with E-state index in [9.17, 15) is 0 Å². The molecule has 3 heteroatoms. The van der Waals surface area contributed by atoms with Crippen LogP contribution in [-0.2, 0) is 5.41 Å². The summed E-state index contributed by atoms with van der Waals surface area (Å²) in [6.45, 7) is 6.50. The summed E-state index contributed by atoms with van der Waals surface area (Å²) < 4.78 is 0. The minimum atomic E-state index is 0.126. The number of aliphatic imine (C=N–C) groups is 1. The van der Waals surface area contributed by atoms with E-state index in [1.165, 1.54) is 5.56 Å². The molecule has 82 valence electrons. The van der Waals surface area contributed by atoms with Crippen molar-refractivity contribution in [1.82, 2.24) is 0 Å². The Morgan fingerprint density at radius 2 is 2.07 bits per heavy atom. The summed E-state index contributed by atoms with van der Waals surface area (Å²) in [5.41, 5.74) is 7.81. The van der Waals surface area contributed by atoms with Gasteiger partial charge in [-0.2, -0.15) is 0 Å². The molecule has 2 N–H and O–H groups in total. The molecule has 0 saturated heterocycles. The van der Waals surface area contributed by atoms with E-state index in [1.807, 2.05) is 18.2 Å². The highest BCUT2D eigenvalue weighted by Gasteiger charge is 2.13. The molecule has 1 rings (SSSR count). The Hall–Kier alpha value is -1.02. The molecule has 0 atom stereocenters. The number of nitrogens with two attached hydrogens (primary N) is 1. The standard InChI is InChI=1S/C12H17ClN2/c1-12(2,3)9-5-4-6-10(7-9)15-11(14)8-13/h4-7H,8H2,1-3H3,(H2,14,15). The van der Waals surface area contributed by atoms with Gasteiger partial charge in [-0.3, -0.25) is 0 Å². The van der Waals surface area contributed by atoms with Crippen molar-refractivity contribution < 1.29 is 0 Å². The minimum absolute atomic E-state index is 0.126. The summed E-state index contributed by atoms with van der Waals surface area (Å²) in [6.07, 6.45) is 0. The van der Waals surface area contributed by atoms with E-state index in [1.54, 1.807) is 0 Å². The summed E-state index contributed by atoms with van der Waals surface area (Å²) in [4.78, 5) is 4.21. The largest absolute Gasteiger partial charge is 0.386 e. The topological polar surface area (TPSA) is 38.4 Å². The average molecular weight is 225 g/mol. The highest BCUT2D eigenvalue weighted by molar-refractivity contribution is 6.28. The number of hydrogen-bond donors (Lipinski definition) is 1. The Morgan fingerprint density at radius 3 is 2.60 bits per heavy atom. The van der Waals surface area contributed by atoms with E-state index in [0.717, 1.165) is 5.69 Å². The molecule has 0 aliphatic rings. The smallest absolute Gasteiger partial charge is 0.115 e. The highest BCUT2D eigenvalue weighted by atomic mass is 35.5. The van der Waals surface area contributed by atoms with Gasteiger partial charge in [0.25, 0.3) is 0 Å². The van der Waals surface area contributed by atoms with Gasteiger partial charge in [-0.15, -0.1) is 11.6 Å². The lowest BCUT2D eigenvalue weighted by Crippen LogP contribution is -2.13. The summed E-state index contributed by atoms with van der Waals surface area (Å²) >= 11 is 5.58. The van der Waals surface area contributed by atoms with Gasteiger partial charge in [0.1, 0.15) is 5.84 Å². The molecule has 0 fully saturated rings. The molecule has 0 aliphatic heterocycles. The van der Waals surface area contributed by atoms with E-state index in [-0.39, 0.29) is 11.3 Å². The molecule has 0 spiro atoms. The van der Waals surface area contributed by atoms with Crippen LogP contribution in [-0.4, -0.2) is 11.7 Å². The SMILES string of the molecule is CC(C)(C)c1cccc(N=C(N)CCl)c1. The van der Waals surface area contributed by atoms with Crippen molar-refractivity contribution in [2.24, 2.45) is 10.7 Å². The third-order valence-electron chi connectivity index (χ3n) is 2.12. The molecule has 15 heavy (non-hydrogen) atoms. The molecule has 0 radical (unpaired) electrons. The minimum Gasteiger partial charge on any atom is -0.386 e. The first kappa shape index (κ1) is 12.1. The fourth-order valence-electron chi connectivity index (χ4n) is 1.24. The van der Waals surface area contributed by atoms with Crippen LogP contribution in [0.2, 0.25) is 0 Å². The Bertz CT molecular complexity index is 364. The molecule has 1 aromatic rings. The van der Waals surface area contributed by atoms with Crippen LogP contribution in [0.25, 0.3) is 0 Å². The van der Waals surface area contributed by atoms with Gasteiger partial charge in [-0.25, -0.2) is 4.99 Å². The maximum absolute atomic E-state index is 5.58. The summed E-state index contributed by atoms with van der Waals surface area (Å²) in [6, 6.07) is 8.05. The number of nitrogens with zero attached hydrogens (tertiary/aromatic N) is 1. The van der Waals surface area contributed by atoms with E-state index >= 15 is 0 Å². The first-order valence-corrected chi connectivity index (χ1v) is 5.46. The Morgan fingerprint density at radius 1 is 1.40 bits per heavy atom. The molecule has 0 heterocycles. The number of amidine groups is 1. The molecular weight excluding hydrogens is 208 g/mol. The number of rotatable bonds is 2. The first-order chi connectivity index (χ1) is 6.93. The van der Waals surface area contributed by atoms with Crippen LogP contribution < -0.4 is 5.73 Å². The van der Waals surface area contributed by atoms with Crippen molar-refractivity contribution in [1.29, 1.82) is 0 Å². The molecule has 1 aromatic carbocycles. The molecule has 0 saturated carbocycles. The third kappa shape index (κ3) is 3.56. The molecule has 0 bridgehead atoms. The highest BCUT2D eigenvalue weighted by Crippen LogP contribution is 2.25. The van der Waals surface area contributed by atoms with Crippen LogP contribution in [0.5, 0.6) is 0 Å². The molecule has 0 unspecified atom stereocenters. The van der Waals surface area contributed by atoms with Crippen molar-refractivity contribution in [3.8, 4) is 0 Å². The van der Waals surface area contributed by atoms with Crippen LogP contribution in [0.4, 0.5) is 5.69 Å². The van der Waals surface area contributed by atoms with Gasteiger partial charge in [-0.05, 0) is 23.1 Å². The second-order valence-corrected chi connectivity index (χ2v) is 4.80. The number of hydrogen-bond acceptors (Lipinski definition) is 1. The summed E-state index contributed by atoms with van der Waals surface area (Å²) in [5.74, 6) is 0.711. The van der Waals surface area contributed by atoms with E-state index in [4.69, 9.17) is 17.3 Å². The van der Waals surface area contributed by atoms with Gasteiger partial charge >= 0.3 is 0 Å². The van der Waals surface area contributed by atoms with Crippen LogP contribution in [0.3, 0.4) is 0 Å². The van der Waals surface area contributed by atoms with Gasteiger partial charge in [0.15, 0.2) is 0 Å². The van der Waals surface area contributed by atoms with E-state index in [2.05, 4.69) is 31.8 Å². The second-order valence-electron chi connectivity index (χ2n) is 4.54. The lowest BCUT2D eigenvalue weighted by molar-refractivity contribution is 0.590. The monoisotopic (exact) mass is 224 g/mol. The van der Waals surface area contributed by atoms with Gasteiger partial charge in [0, 0.05) is 0 Å². The Kier molecular flexibility index (Phi) is 3.75. The Balaban J connectivity index is 3.04. The van der Waals surface area contributed by atoms with Crippen LogP contribution in [0.15, 0.2) is 29.3 Å². The number of alkyl halides is 1. The van der Waals surface area contributed by atoms with E-state index < -0.39 is 0 Å². The lowest BCUT2D eigenvalue weighted by Gasteiger charge is -2.19. The normalized spacial score (nSPS) is 12.9. The predicted molar refractivity (Wildman–Crippen MR) is 67.1 cm³/mol. The quantitative estimate of drug-likeness (QED) is 0.468. The van der Waals surface area contributed by atoms with Crippen LogP contribution in [0.1, 0.15) is 26.3 Å². The van der Waals surface area contributed by atoms with Crippen LogP contribution >= 0.6 is 11.6 Å². The van der Waals surface area contributed by atoms with Gasteiger partial charge in [-0.1, -0.05) is 32.9 Å². The van der Waals surface area contributed by atoms with Crippen molar-refractivity contribution in [2.75, 3.05) is 5.88 Å². The number of benzene rings is 1. The number of halogens is 1. The zero-order chi connectivity index (χ0) is 11.5. The van der Waals surface area contributed by atoms with Gasteiger partial charge < -0.3 is 5.73 Å². The molecule has 0 aromatic heterocycles. The van der Waals surface area contributed by atoms with Crippen molar-refractivity contribution in [3.63, 3.8) is 0 Å². The van der Waals surface area contributed by atoms with Crippen LogP contribution in [0, 0.1) is 0 Å². The zero-order valence-corrected chi connectivity index (χ0v) is 10.2. The molecule has 0 aliphatic carbocycles. The second kappa shape index (κ2) is 4.67. The lowest BCUT2D eigenvalue weighted by atomic mass is 9.87. The maximum atomic E-state index is 5.58. The fourth-order valence-corrected chi connectivity index (χ4v) is 1.30.